The summed E-state index contributed by atoms with van der Waals surface area (Å²) in [6.07, 6.45) is 0. The predicted octanol–water partition coefficient (Wildman–Crippen LogP) is 4.61. The summed E-state index contributed by atoms with van der Waals surface area (Å²) in [5.41, 5.74) is 1.95. The normalized spacial score (nSPS) is 10.9. The molecule has 20 heavy (non-hydrogen) atoms. The second-order valence-corrected chi connectivity index (χ2v) is 5.42. The van der Waals surface area contributed by atoms with Gasteiger partial charge in [0.2, 0.25) is 5.89 Å². The molecule has 0 saturated heterocycles. The highest BCUT2D eigenvalue weighted by molar-refractivity contribution is 9.10. The van der Waals surface area contributed by atoms with E-state index in [1.165, 1.54) is 12.1 Å². The number of aromatic carboxylic acids is 1. The lowest BCUT2D eigenvalue weighted by atomic mass is 10.2. The molecule has 0 radical (unpaired) electrons. The van der Waals surface area contributed by atoms with Gasteiger partial charge in [-0.1, -0.05) is 11.6 Å². The quantitative estimate of drug-likeness (QED) is 0.731. The fraction of sp³-hybridized carbons (Fsp3) is 0. The molecular formula is C14H7BrClNO3. The summed E-state index contributed by atoms with van der Waals surface area (Å²) in [6, 6.07) is 9.84. The van der Waals surface area contributed by atoms with Crippen LogP contribution in [0.25, 0.3) is 22.6 Å². The van der Waals surface area contributed by atoms with Gasteiger partial charge < -0.3 is 9.52 Å². The highest BCUT2D eigenvalue weighted by Crippen LogP contribution is 2.32. The Morgan fingerprint density at radius 3 is 2.75 bits per heavy atom. The van der Waals surface area contributed by atoms with Crippen molar-refractivity contribution in [3.8, 4) is 11.5 Å². The van der Waals surface area contributed by atoms with Crippen LogP contribution in [-0.2, 0) is 0 Å². The minimum atomic E-state index is -1.00. The van der Waals surface area contributed by atoms with E-state index >= 15 is 0 Å². The Bertz CT molecular complexity index is 828. The molecule has 3 rings (SSSR count). The van der Waals surface area contributed by atoms with Gasteiger partial charge in [-0.05, 0) is 52.3 Å². The molecule has 0 fully saturated rings. The summed E-state index contributed by atoms with van der Waals surface area (Å²) in [4.78, 5) is 15.3. The number of hydrogen-bond donors (Lipinski definition) is 1. The fourth-order valence-electron chi connectivity index (χ4n) is 1.84. The minimum absolute atomic E-state index is 0.162. The van der Waals surface area contributed by atoms with E-state index in [2.05, 4.69) is 20.9 Å². The van der Waals surface area contributed by atoms with Crippen molar-refractivity contribution in [2.75, 3.05) is 0 Å². The monoisotopic (exact) mass is 351 g/mol. The molecule has 0 saturated carbocycles. The Balaban J connectivity index is 2.15. The van der Waals surface area contributed by atoms with Crippen LogP contribution < -0.4 is 0 Å². The average Bonchev–Trinajstić information content (AvgIpc) is 2.80. The number of aromatic nitrogens is 1. The molecule has 0 aliphatic carbocycles. The first-order valence-electron chi connectivity index (χ1n) is 5.64. The Kier molecular flexibility index (Phi) is 3.23. The van der Waals surface area contributed by atoms with Crippen LogP contribution in [0.1, 0.15) is 10.4 Å². The van der Waals surface area contributed by atoms with Gasteiger partial charge in [-0.25, -0.2) is 9.78 Å². The van der Waals surface area contributed by atoms with Gasteiger partial charge in [-0.3, -0.25) is 0 Å². The summed E-state index contributed by atoms with van der Waals surface area (Å²) in [7, 11) is 0. The number of carbonyl (C=O) groups is 1. The predicted molar refractivity (Wildman–Crippen MR) is 79.1 cm³/mol. The van der Waals surface area contributed by atoms with Crippen molar-refractivity contribution < 1.29 is 14.3 Å². The summed E-state index contributed by atoms with van der Waals surface area (Å²) < 4.78 is 6.38. The molecule has 4 nitrogen and oxygen atoms in total. The minimum Gasteiger partial charge on any atom is -0.478 e. The van der Waals surface area contributed by atoms with Crippen molar-refractivity contribution in [3.05, 3.63) is 51.5 Å². The van der Waals surface area contributed by atoms with E-state index in [0.717, 1.165) is 10.0 Å². The fourth-order valence-corrected chi connectivity index (χ4v) is 2.69. The van der Waals surface area contributed by atoms with Crippen LogP contribution in [0, 0.1) is 0 Å². The summed E-state index contributed by atoms with van der Waals surface area (Å²) in [6.45, 7) is 0. The van der Waals surface area contributed by atoms with Crippen molar-refractivity contribution in [1.29, 1.82) is 0 Å². The summed E-state index contributed by atoms with van der Waals surface area (Å²) >= 11 is 9.29. The molecule has 100 valence electrons. The molecule has 6 heteroatoms. The topological polar surface area (TPSA) is 63.3 Å². The molecule has 1 aromatic heterocycles. The maximum atomic E-state index is 10.9. The van der Waals surface area contributed by atoms with Gasteiger partial charge in [-0.2, -0.15) is 0 Å². The number of rotatable bonds is 2. The van der Waals surface area contributed by atoms with Crippen LogP contribution in [0.5, 0.6) is 0 Å². The Hall–Kier alpha value is -1.85. The van der Waals surface area contributed by atoms with E-state index in [1.54, 1.807) is 24.3 Å². The standard InChI is InChI=1S/C14H7BrClNO3/c15-10-6-8(16)2-3-9(10)13-17-11-4-1-7(14(18)19)5-12(11)20-13/h1-6H,(H,18,19). The third-order valence-electron chi connectivity index (χ3n) is 2.80. The molecule has 0 atom stereocenters. The first-order chi connectivity index (χ1) is 9.54. The highest BCUT2D eigenvalue weighted by Gasteiger charge is 2.13. The second kappa shape index (κ2) is 4.92. The Labute approximate surface area is 127 Å². The largest absolute Gasteiger partial charge is 0.478 e. The van der Waals surface area contributed by atoms with E-state index in [0.29, 0.717) is 22.0 Å². The number of halogens is 2. The number of carboxylic acids is 1. The Morgan fingerprint density at radius 2 is 2.05 bits per heavy atom. The van der Waals surface area contributed by atoms with Gasteiger partial charge in [0.1, 0.15) is 5.52 Å². The van der Waals surface area contributed by atoms with Crippen molar-refractivity contribution in [1.82, 2.24) is 4.98 Å². The van der Waals surface area contributed by atoms with E-state index in [1.807, 2.05) is 0 Å². The van der Waals surface area contributed by atoms with E-state index in [4.69, 9.17) is 21.1 Å². The number of oxazole rings is 1. The third-order valence-corrected chi connectivity index (χ3v) is 3.69. The van der Waals surface area contributed by atoms with Crippen molar-refractivity contribution in [2.45, 2.75) is 0 Å². The molecule has 0 bridgehead atoms. The number of carboxylic acid groups (broad SMARTS) is 1. The second-order valence-electron chi connectivity index (χ2n) is 4.13. The summed E-state index contributed by atoms with van der Waals surface area (Å²) in [5, 5.41) is 9.56. The van der Waals surface area contributed by atoms with Crippen LogP contribution in [0.3, 0.4) is 0 Å². The lowest BCUT2D eigenvalue weighted by Gasteiger charge is -1.99. The van der Waals surface area contributed by atoms with E-state index in [9.17, 15) is 4.79 Å². The first kappa shape index (κ1) is 13.1. The molecule has 1 N–H and O–H groups in total. The number of nitrogens with zero attached hydrogens (tertiary/aromatic N) is 1. The molecule has 0 aliphatic rings. The molecule has 1 heterocycles. The van der Waals surface area contributed by atoms with Crippen LogP contribution in [0.4, 0.5) is 0 Å². The van der Waals surface area contributed by atoms with Crippen LogP contribution in [-0.4, -0.2) is 16.1 Å². The zero-order chi connectivity index (χ0) is 14.3. The molecule has 2 aromatic carbocycles. The van der Waals surface area contributed by atoms with Gasteiger partial charge in [-0.15, -0.1) is 0 Å². The van der Waals surface area contributed by atoms with Gasteiger partial charge in [0.15, 0.2) is 5.58 Å². The van der Waals surface area contributed by atoms with Gasteiger partial charge in [0.25, 0.3) is 0 Å². The molecule has 3 aromatic rings. The maximum absolute atomic E-state index is 10.9. The molecule has 0 spiro atoms. The van der Waals surface area contributed by atoms with Crippen LogP contribution in [0.2, 0.25) is 5.02 Å². The lowest BCUT2D eigenvalue weighted by molar-refractivity contribution is 0.0697. The molecular weight excluding hydrogens is 346 g/mol. The third kappa shape index (κ3) is 2.30. The van der Waals surface area contributed by atoms with E-state index < -0.39 is 5.97 Å². The summed E-state index contributed by atoms with van der Waals surface area (Å²) in [5.74, 6) is -0.594. The average molecular weight is 353 g/mol. The van der Waals surface area contributed by atoms with Crippen molar-refractivity contribution in [2.24, 2.45) is 0 Å². The molecule has 0 aliphatic heterocycles. The first-order valence-corrected chi connectivity index (χ1v) is 6.81. The van der Waals surface area contributed by atoms with Crippen molar-refractivity contribution >= 4 is 44.6 Å². The lowest BCUT2D eigenvalue weighted by Crippen LogP contribution is -1.94. The van der Waals surface area contributed by atoms with Crippen LogP contribution >= 0.6 is 27.5 Å². The Morgan fingerprint density at radius 1 is 1.25 bits per heavy atom. The molecule has 0 unspecified atom stereocenters. The van der Waals surface area contributed by atoms with Gasteiger partial charge in [0.05, 0.1) is 11.1 Å². The van der Waals surface area contributed by atoms with E-state index in [-0.39, 0.29) is 5.56 Å². The van der Waals surface area contributed by atoms with Crippen LogP contribution in [0.15, 0.2) is 45.3 Å². The maximum Gasteiger partial charge on any atom is 0.335 e. The van der Waals surface area contributed by atoms with Gasteiger partial charge >= 0.3 is 5.97 Å². The zero-order valence-electron chi connectivity index (χ0n) is 9.93. The number of hydrogen-bond acceptors (Lipinski definition) is 3. The van der Waals surface area contributed by atoms with Crippen molar-refractivity contribution in [3.63, 3.8) is 0 Å². The van der Waals surface area contributed by atoms with Gasteiger partial charge in [0, 0.05) is 9.50 Å². The number of fused-ring (bicyclic) bond motifs is 1. The highest BCUT2D eigenvalue weighted by atomic mass is 79.9. The zero-order valence-corrected chi connectivity index (χ0v) is 12.3. The molecule has 0 amide bonds. The SMILES string of the molecule is O=C(O)c1ccc2nc(-c3ccc(Cl)cc3Br)oc2c1. The number of benzene rings is 2. The smallest absolute Gasteiger partial charge is 0.335 e.